The Morgan fingerprint density at radius 2 is 1.54 bits per heavy atom. The van der Waals surface area contributed by atoms with Gasteiger partial charge in [-0.1, -0.05) is 18.2 Å². The molecule has 2 heterocycles. The summed E-state index contributed by atoms with van der Waals surface area (Å²) < 4.78 is 21.4. The van der Waals surface area contributed by atoms with Crippen molar-refractivity contribution in [2.75, 3.05) is 7.11 Å². The van der Waals surface area contributed by atoms with E-state index >= 15 is 0 Å². The lowest BCUT2D eigenvalue weighted by atomic mass is 10.2. The molecule has 0 radical (unpaired) electrons. The van der Waals surface area contributed by atoms with Gasteiger partial charge >= 0.3 is 5.97 Å². The van der Waals surface area contributed by atoms with Gasteiger partial charge in [0.15, 0.2) is 0 Å². The Hall–Kier alpha value is -3.87. The van der Waals surface area contributed by atoms with Gasteiger partial charge in [0, 0.05) is 11.1 Å². The van der Waals surface area contributed by atoms with E-state index in [1.54, 1.807) is 24.3 Å². The first kappa shape index (κ1) is 17.5. The second kappa shape index (κ2) is 7.79. The number of carbonyl (C=O) groups excluding carboxylic acids is 1. The zero-order valence-electron chi connectivity index (χ0n) is 15.0. The van der Waals surface area contributed by atoms with Gasteiger partial charge in [0.1, 0.15) is 18.1 Å². The molecule has 7 nitrogen and oxygen atoms in total. The minimum Gasteiger partial charge on any atom is -0.486 e. The Balaban J connectivity index is 1.41. The number of hydrogen-bond donors (Lipinski definition) is 0. The summed E-state index contributed by atoms with van der Waals surface area (Å²) in [5.41, 5.74) is 1.65. The Morgan fingerprint density at radius 1 is 0.857 bits per heavy atom. The van der Waals surface area contributed by atoms with E-state index in [1.165, 1.54) is 7.11 Å². The predicted octanol–water partition coefficient (Wildman–Crippen LogP) is 4.36. The molecule has 4 rings (SSSR count). The van der Waals surface area contributed by atoms with Crippen LogP contribution < -0.4 is 4.74 Å². The van der Waals surface area contributed by atoms with Crippen molar-refractivity contribution in [3.63, 3.8) is 0 Å². The highest BCUT2D eigenvalue weighted by Crippen LogP contribution is 2.25. The molecule has 0 aliphatic heterocycles. The fourth-order valence-electron chi connectivity index (χ4n) is 2.55. The van der Waals surface area contributed by atoms with Gasteiger partial charge in [-0.3, -0.25) is 0 Å². The Morgan fingerprint density at radius 3 is 2.21 bits per heavy atom. The average molecular weight is 376 g/mol. The van der Waals surface area contributed by atoms with Gasteiger partial charge in [-0.25, -0.2) is 4.79 Å². The minimum absolute atomic E-state index is 0.141. The number of esters is 1. The summed E-state index contributed by atoms with van der Waals surface area (Å²) in [7, 11) is 1.30. The molecule has 140 valence electrons. The van der Waals surface area contributed by atoms with Crippen LogP contribution >= 0.6 is 0 Å². The molecule has 28 heavy (non-hydrogen) atoms. The van der Waals surface area contributed by atoms with E-state index in [0.717, 1.165) is 11.1 Å². The standard InChI is InChI=1S/C21H16N2O5/c1-25-21(24)18-12-11-17(27-18)13-26-16-9-7-15(8-10-16)20-23-22-19(28-20)14-5-3-2-4-6-14/h2-12H,13H2,1H3. The number of nitrogens with zero attached hydrogens (tertiary/aromatic N) is 2. The third-order valence-electron chi connectivity index (χ3n) is 3.98. The summed E-state index contributed by atoms with van der Waals surface area (Å²) >= 11 is 0. The average Bonchev–Trinajstić information content (AvgIpc) is 3.43. The largest absolute Gasteiger partial charge is 0.486 e. The smallest absolute Gasteiger partial charge is 0.373 e. The third kappa shape index (κ3) is 3.78. The molecular formula is C21H16N2O5. The molecule has 2 aromatic carbocycles. The molecule has 0 unspecified atom stereocenters. The summed E-state index contributed by atoms with van der Waals surface area (Å²) in [6, 6.07) is 20.1. The first-order chi connectivity index (χ1) is 13.7. The summed E-state index contributed by atoms with van der Waals surface area (Å²) in [6.07, 6.45) is 0. The number of ether oxygens (including phenoxy) is 2. The van der Waals surface area contributed by atoms with Crippen LogP contribution in [0.2, 0.25) is 0 Å². The normalized spacial score (nSPS) is 10.6. The van der Waals surface area contributed by atoms with Crippen LogP contribution in [0.15, 0.2) is 75.6 Å². The maximum Gasteiger partial charge on any atom is 0.373 e. The van der Waals surface area contributed by atoms with Crippen molar-refractivity contribution in [3.05, 3.63) is 78.3 Å². The second-order valence-electron chi connectivity index (χ2n) is 5.85. The topological polar surface area (TPSA) is 87.6 Å². The number of aromatic nitrogens is 2. The first-order valence-corrected chi connectivity index (χ1v) is 8.52. The molecule has 0 aliphatic rings. The molecule has 0 amide bonds. The minimum atomic E-state index is -0.523. The lowest BCUT2D eigenvalue weighted by molar-refractivity contribution is 0.0561. The van der Waals surface area contributed by atoms with Crippen LogP contribution in [0.5, 0.6) is 5.75 Å². The summed E-state index contributed by atoms with van der Waals surface area (Å²) in [5.74, 6) is 1.68. The fourth-order valence-corrected chi connectivity index (χ4v) is 2.55. The molecular weight excluding hydrogens is 360 g/mol. The molecule has 2 aromatic heterocycles. The molecule has 0 saturated heterocycles. The maximum absolute atomic E-state index is 11.4. The molecule has 0 fully saturated rings. The first-order valence-electron chi connectivity index (χ1n) is 8.52. The Kier molecular flexibility index (Phi) is 4.88. The summed E-state index contributed by atoms with van der Waals surface area (Å²) in [4.78, 5) is 11.4. The number of rotatable bonds is 6. The maximum atomic E-state index is 11.4. The Labute approximate surface area is 160 Å². The number of carbonyl (C=O) groups is 1. The quantitative estimate of drug-likeness (QED) is 0.462. The highest BCUT2D eigenvalue weighted by atomic mass is 16.5. The summed E-state index contributed by atoms with van der Waals surface area (Å²) in [6.45, 7) is 0.190. The van der Waals surface area contributed by atoms with E-state index in [-0.39, 0.29) is 12.4 Å². The van der Waals surface area contributed by atoms with Crippen LogP contribution in [-0.2, 0) is 11.3 Å². The van der Waals surface area contributed by atoms with Crippen LogP contribution in [0.4, 0.5) is 0 Å². The van der Waals surface area contributed by atoms with Crippen molar-refractivity contribution in [1.82, 2.24) is 10.2 Å². The second-order valence-corrected chi connectivity index (χ2v) is 5.85. The van der Waals surface area contributed by atoms with Gasteiger partial charge in [0.2, 0.25) is 17.5 Å². The van der Waals surface area contributed by atoms with E-state index in [4.69, 9.17) is 13.6 Å². The highest BCUT2D eigenvalue weighted by molar-refractivity contribution is 5.86. The lowest BCUT2D eigenvalue weighted by Gasteiger charge is -2.04. The molecule has 0 atom stereocenters. The number of furan rings is 1. The number of hydrogen-bond acceptors (Lipinski definition) is 7. The highest BCUT2D eigenvalue weighted by Gasteiger charge is 2.12. The monoisotopic (exact) mass is 376 g/mol. The van der Waals surface area contributed by atoms with Crippen LogP contribution in [0.3, 0.4) is 0 Å². The van der Waals surface area contributed by atoms with Crippen molar-refractivity contribution in [1.29, 1.82) is 0 Å². The van der Waals surface area contributed by atoms with Gasteiger partial charge < -0.3 is 18.3 Å². The molecule has 4 aromatic rings. The van der Waals surface area contributed by atoms with Gasteiger partial charge in [-0.2, -0.15) is 0 Å². The van der Waals surface area contributed by atoms with Crippen LogP contribution in [0, 0.1) is 0 Å². The van der Waals surface area contributed by atoms with E-state index in [2.05, 4.69) is 14.9 Å². The van der Waals surface area contributed by atoms with Gasteiger partial charge in [0.25, 0.3) is 0 Å². The molecule has 0 saturated carbocycles. The molecule has 0 bridgehead atoms. The molecule has 0 spiro atoms. The van der Waals surface area contributed by atoms with Crippen molar-refractivity contribution < 1.29 is 23.1 Å². The van der Waals surface area contributed by atoms with Crippen molar-refractivity contribution >= 4 is 5.97 Å². The van der Waals surface area contributed by atoms with Crippen LogP contribution in [0.25, 0.3) is 22.9 Å². The van der Waals surface area contributed by atoms with Crippen molar-refractivity contribution in [2.24, 2.45) is 0 Å². The number of benzene rings is 2. The molecule has 0 aliphatic carbocycles. The zero-order chi connectivity index (χ0) is 19.3. The van der Waals surface area contributed by atoms with Gasteiger partial charge in [0.05, 0.1) is 7.11 Å². The fraction of sp³-hybridized carbons (Fsp3) is 0.0952. The SMILES string of the molecule is COC(=O)c1ccc(COc2ccc(-c3nnc(-c4ccccc4)o3)cc2)o1. The molecule has 0 N–H and O–H groups in total. The van der Waals surface area contributed by atoms with E-state index in [1.807, 2.05) is 42.5 Å². The van der Waals surface area contributed by atoms with Crippen LogP contribution in [0.1, 0.15) is 16.3 Å². The van der Waals surface area contributed by atoms with E-state index in [9.17, 15) is 4.79 Å². The van der Waals surface area contributed by atoms with Crippen molar-refractivity contribution in [3.8, 4) is 28.7 Å². The number of methoxy groups -OCH3 is 1. The predicted molar refractivity (Wildman–Crippen MR) is 99.5 cm³/mol. The summed E-state index contributed by atoms with van der Waals surface area (Å²) in [5, 5.41) is 8.18. The Bertz CT molecular complexity index is 1070. The van der Waals surface area contributed by atoms with Gasteiger partial charge in [-0.05, 0) is 48.5 Å². The van der Waals surface area contributed by atoms with Gasteiger partial charge in [-0.15, -0.1) is 10.2 Å². The lowest BCUT2D eigenvalue weighted by Crippen LogP contribution is -1.99. The van der Waals surface area contributed by atoms with E-state index in [0.29, 0.717) is 23.3 Å². The van der Waals surface area contributed by atoms with Crippen LogP contribution in [-0.4, -0.2) is 23.3 Å². The molecule has 7 heteroatoms. The third-order valence-corrected chi connectivity index (χ3v) is 3.98. The van der Waals surface area contributed by atoms with E-state index < -0.39 is 5.97 Å². The van der Waals surface area contributed by atoms with Crippen molar-refractivity contribution in [2.45, 2.75) is 6.61 Å². The zero-order valence-corrected chi connectivity index (χ0v) is 15.0.